The van der Waals surface area contributed by atoms with Gasteiger partial charge < -0.3 is 4.74 Å². The maximum atomic E-state index is 11.2. The van der Waals surface area contributed by atoms with Crippen molar-refractivity contribution < 1.29 is 9.66 Å². The van der Waals surface area contributed by atoms with Gasteiger partial charge in [-0.15, -0.1) is 0 Å². The van der Waals surface area contributed by atoms with Gasteiger partial charge in [-0.3, -0.25) is 10.1 Å². The van der Waals surface area contributed by atoms with E-state index < -0.39 is 4.92 Å². The van der Waals surface area contributed by atoms with Crippen molar-refractivity contribution in [1.82, 2.24) is 0 Å². The van der Waals surface area contributed by atoms with Gasteiger partial charge in [0.2, 0.25) is 0 Å². The van der Waals surface area contributed by atoms with Gasteiger partial charge in [-0.05, 0) is 41.0 Å². The molecular formula is C27H20N2O3. The van der Waals surface area contributed by atoms with Crippen LogP contribution in [0.2, 0.25) is 0 Å². The summed E-state index contributed by atoms with van der Waals surface area (Å²) in [5.41, 5.74) is 3.73. The first-order valence-electron chi connectivity index (χ1n) is 10.1. The van der Waals surface area contributed by atoms with E-state index in [2.05, 4.69) is 6.07 Å². The van der Waals surface area contributed by atoms with Crippen LogP contribution in [-0.4, -0.2) is 4.92 Å². The van der Waals surface area contributed by atoms with Gasteiger partial charge in [-0.25, -0.2) is 0 Å². The topological polar surface area (TPSA) is 76.2 Å². The fourth-order valence-electron chi connectivity index (χ4n) is 3.51. The lowest BCUT2D eigenvalue weighted by molar-refractivity contribution is -0.384. The molecule has 0 spiro atoms. The molecule has 0 heterocycles. The van der Waals surface area contributed by atoms with Crippen LogP contribution in [0.3, 0.4) is 0 Å². The van der Waals surface area contributed by atoms with Gasteiger partial charge in [-0.1, -0.05) is 72.3 Å². The number of allylic oxidation sites excluding steroid dienone is 1. The molecule has 0 saturated carbocycles. The Morgan fingerprint density at radius 2 is 1.81 bits per heavy atom. The summed E-state index contributed by atoms with van der Waals surface area (Å²) in [7, 11) is 0. The Hall–Kier alpha value is -4.43. The summed E-state index contributed by atoms with van der Waals surface area (Å²) in [6.07, 6.45) is 1.74. The number of ether oxygens (including phenoxy) is 1. The Morgan fingerprint density at radius 1 is 1.03 bits per heavy atom. The number of nitro groups is 1. The van der Waals surface area contributed by atoms with Crippen LogP contribution in [-0.2, 0) is 6.61 Å². The number of hydrogen-bond donors (Lipinski definition) is 0. The molecule has 0 aliphatic rings. The van der Waals surface area contributed by atoms with Gasteiger partial charge in [0.15, 0.2) is 0 Å². The Labute approximate surface area is 186 Å². The first-order valence-corrected chi connectivity index (χ1v) is 10.1. The highest BCUT2D eigenvalue weighted by molar-refractivity contribution is 6.00. The van der Waals surface area contributed by atoms with Crippen molar-refractivity contribution in [2.45, 2.75) is 13.5 Å². The van der Waals surface area contributed by atoms with Crippen molar-refractivity contribution in [2.24, 2.45) is 0 Å². The first kappa shape index (κ1) is 20.8. The predicted octanol–water partition coefficient (Wildman–Crippen LogP) is 6.70. The quantitative estimate of drug-likeness (QED) is 0.150. The number of fused-ring (bicyclic) bond motifs is 1. The fraction of sp³-hybridized carbons (Fsp3) is 0.0741. The van der Waals surface area contributed by atoms with E-state index in [-0.39, 0.29) is 5.69 Å². The van der Waals surface area contributed by atoms with Gasteiger partial charge in [0.05, 0.1) is 16.6 Å². The van der Waals surface area contributed by atoms with Crippen molar-refractivity contribution in [2.75, 3.05) is 0 Å². The van der Waals surface area contributed by atoms with Crippen LogP contribution in [0.5, 0.6) is 5.75 Å². The number of aryl methyl sites for hydroxylation is 1. The van der Waals surface area contributed by atoms with Crippen LogP contribution >= 0.6 is 0 Å². The molecule has 4 aromatic carbocycles. The van der Waals surface area contributed by atoms with E-state index in [1.54, 1.807) is 18.2 Å². The zero-order valence-electron chi connectivity index (χ0n) is 17.5. The van der Waals surface area contributed by atoms with Crippen molar-refractivity contribution in [1.29, 1.82) is 5.26 Å². The van der Waals surface area contributed by atoms with Gasteiger partial charge in [0.25, 0.3) is 5.69 Å². The average molecular weight is 420 g/mol. The second-order valence-electron chi connectivity index (χ2n) is 7.45. The van der Waals surface area contributed by atoms with Crippen molar-refractivity contribution >= 4 is 28.1 Å². The highest BCUT2D eigenvalue weighted by Crippen LogP contribution is 2.33. The zero-order valence-corrected chi connectivity index (χ0v) is 17.5. The van der Waals surface area contributed by atoms with Crippen LogP contribution in [0.15, 0.2) is 84.9 Å². The second kappa shape index (κ2) is 9.15. The van der Waals surface area contributed by atoms with E-state index in [0.717, 1.165) is 21.9 Å². The molecule has 0 aromatic heterocycles. The summed E-state index contributed by atoms with van der Waals surface area (Å²) >= 11 is 0. The van der Waals surface area contributed by atoms with Crippen LogP contribution in [0.1, 0.15) is 22.3 Å². The molecule has 4 aromatic rings. The minimum absolute atomic E-state index is 0.0579. The molecule has 0 N–H and O–H groups in total. The standard InChI is InChI=1S/C27H20N2O3/c1-19-9-11-20(12-10-19)18-32-27-14-13-21-5-2-3-8-25(21)26(27)16-23(17-28)22-6-4-7-24(15-22)29(30)31/h2-16H,18H2,1H3. The predicted molar refractivity (Wildman–Crippen MR) is 126 cm³/mol. The lowest BCUT2D eigenvalue weighted by atomic mass is 9.98. The number of non-ortho nitro benzene ring substituents is 1. The van der Waals surface area contributed by atoms with Crippen molar-refractivity contribution in [3.05, 3.63) is 117 Å². The first-order chi connectivity index (χ1) is 15.5. The highest BCUT2D eigenvalue weighted by Gasteiger charge is 2.12. The minimum Gasteiger partial charge on any atom is -0.488 e. The zero-order chi connectivity index (χ0) is 22.5. The lowest BCUT2D eigenvalue weighted by Crippen LogP contribution is -1.98. The van der Waals surface area contributed by atoms with Gasteiger partial charge in [-0.2, -0.15) is 5.26 Å². The number of rotatable bonds is 6. The Kier molecular flexibility index (Phi) is 5.96. The Morgan fingerprint density at radius 3 is 2.56 bits per heavy atom. The molecule has 0 atom stereocenters. The van der Waals surface area contributed by atoms with Gasteiger partial charge in [0, 0.05) is 17.7 Å². The molecule has 32 heavy (non-hydrogen) atoms. The third-order valence-electron chi connectivity index (χ3n) is 5.22. The van der Waals surface area contributed by atoms with Crippen LogP contribution in [0.25, 0.3) is 22.4 Å². The monoisotopic (exact) mass is 420 g/mol. The van der Waals surface area contributed by atoms with E-state index in [4.69, 9.17) is 4.74 Å². The minimum atomic E-state index is -0.466. The number of nitriles is 1. The molecule has 0 radical (unpaired) electrons. The molecule has 5 nitrogen and oxygen atoms in total. The van der Waals surface area contributed by atoms with Crippen LogP contribution in [0.4, 0.5) is 5.69 Å². The van der Waals surface area contributed by atoms with E-state index in [1.165, 1.54) is 17.7 Å². The maximum Gasteiger partial charge on any atom is 0.270 e. The van der Waals surface area contributed by atoms with E-state index in [9.17, 15) is 15.4 Å². The number of nitro benzene ring substituents is 1. The third kappa shape index (κ3) is 4.50. The normalized spacial score (nSPS) is 11.2. The van der Waals surface area contributed by atoms with Gasteiger partial charge >= 0.3 is 0 Å². The van der Waals surface area contributed by atoms with Crippen molar-refractivity contribution in [3.63, 3.8) is 0 Å². The number of nitrogens with zero attached hydrogens (tertiary/aromatic N) is 2. The lowest BCUT2D eigenvalue weighted by Gasteiger charge is -2.13. The van der Waals surface area contributed by atoms with Crippen LogP contribution in [0, 0.1) is 28.4 Å². The fourth-order valence-corrected chi connectivity index (χ4v) is 3.51. The Bertz CT molecular complexity index is 1370. The number of hydrogen-bond acceptors (Lipinski definition) is 4. The SMILES string of the molecule is Cc1ccc(COc2ccc3ccccc3c2C=C(C#N)c2cccc([N+](=O)[O-])c2)cc1. The maximum absolute atomic E-state index is 11.2. The third-order valence-corrected chi connectivity index (χ3v) is 5.22. The smallest absolute Gasteiger partial charge is 0.270 e. The summed E-state index contributed by atoms with van der Waals surface area (Å²) in [4.78, 5) is 10.7. The van der Waals surface area contributed by atoms with Gasteiger partial charge in [0.1, 0.15) is 12.4 Å². The summed E-state index contributed by atoms with van der Waals surface area (Å²) in [5, 5.41) is 23.0. The molecule has 156 valence electrons. The van der Waals surface area contributed by atoms with E-state index in [1.807, 2.05) is 67.6 Å². The molecule has 0 amide bonds. The molecule has 0 unspecified atom stereocenters. The summed E-state index contributed by atoms with van der Waals surface area (Å²) in [6, 6.07) is 28.1. The largest absolute Gasteiger partial charge is 0.488 e. The van der Waals surface area contributed by atoms with E-state index in [0.29, 0.717) is 23.5 Å². The molecule has 0 aliphatic carbocycles. The summed E-state index contributed by atoms with van der Waals surface area (Å²) < 4.78 is 6.15. The molecule has 4 rings (SSSR count). The summed E-state index contributed by atoms with van der Waals surface area (Å²) in [5.74, 6) is 0.641. The molecule has 0 saturated heterocycles. The summed E-state index contributed by atoms with van der Waals surface area (Å²) in [6.45, 7) is 2.42. The molecule has 0 bridgehead atoms. The van der Waals surface area contributed by atoms with E-state index >= 15 is 0 Å². The Balaban J connectivity index is 1.79. The highest BCUT2D eigenvalue weighted by atomic mass is 16.6. The molecule has 0 aliphatic heterocycles. The molecule has 0 fully saturated rings. The number of benzene rings is 4. The molecular weight excluding hydrogens is 400 g/mol. The average Bonchev–Trinajstić information content (AvgIpc) is 2.82. The molecule has 5 heteroatoms. The second-order valence-corrected chi connectivity index (χ2v) is 7.45. The van der Waals surface area contributed by atoms with Crippen molar-refractivity contribution in [3.8, 4) is 11.8 Å². The van der Waals surface area contributed by atoms with Crippen LogP contribution < -0.4 is 4.74 Å².